The molecule has 0 unspecified atom stereocenters. The van der Waals surface area contributed by atoms with Gasteiger partial charge in [0.05, 0.1) is 5.92 Å². The van der Waals surface area contributed by atoms with Gasteiger partial charge in [-0.25, -0.2) is 0 Å². The van der Waals surface area contributed by atoms with Crippen LogP contribution in [0.25, 0.3) is 0 Å². The summed E-state index contributed by atoms with van der Waals surface area (Å²) < 4.78 is 0. The maximum atomic E-state index is 12.2. The van der Waals surface area contributed by atoms with Gasteiger partial charge in [-0.3, -0.25) is 25.2 Å². The molecule has 1 aliphatic heterocycles. The number of nitrogens with one attached hydrogen (secondary N) is 2. The molecule has 25 heavy (non-hydrogen) atoms. The first-order valence-electron chi connectivity index (χ1n) is 8.10. The van der Waals surface area contributed by atoms with Gasteiger partial charge >= 0.3 is 0 Å². The van der Waals surface area contributed by atoms with Gasteiger partial charge in [0.15, 0.2) is 0 Å². The highest BCUT2D eigenvalue weighted by Crippen LogP contribution is 2.20. The second-order valence-corrected chi connectivity index (χ2v) is 5.97. The summed E-state index contributed by atoms with van der Waals surface area (Å²) in [7, 11) is 0. The first kappa shape index (κ1) is 16.7. The van der Waals surface area contributed by atoms with Gasteiger partial charge in [0.1, 0.15) is 0 Å². The van der Waals surface area contributed by atoms with E-state index in [-0.39, 0.29) is 24.1 Å². The van der Waals surface area contributed by atoms with E-state index in [0.717, 1.165) is 5.56 Å². The molecule has 1 heterocycles. The van der Waals surface area contributed by atoms with Gasteiger partial charge in [0.25, 0.3) is 5.91 Å². The molecule has 2 N–H and O–H groups in total. The Morgan fingerprint density at radius 2 is 1.60 bits per heavy atom. The van der Waals surface area contributed by atoms with Crippen LogP contribution in [0.4, 0.5) is 0 Å². The van der Waals surface area contributed by atoms with Crippen molar-refractivity contribution in [3.8, 4) is 0 Å². The smallest absolute Gasteiger partial charge is 0.269 e. The first-order valence-corrected chi connectivity index (χ1v) is 8.10. The van der Waals surface area contributed by atoms with Crippen molar-refractivity contribution < 1.29 is 14.4 Å². The van der Waals surface area contributed by atoms with E-state index in [1.54, 1.807) is 35.2 Å². The third kappa shape index (κ3) is 4.23. The minimum absolute atomic E-state index is 0.0570. The zero-order valence-corrected chi connectivity index (χ0v) is 13.6. The van der Waals surface area contributed by atoms with Crippen LogP contribution >= 0.6 is 0 Å². The Kier molecular flexibility index (Phi) is 5.09. The lowest BCUT2D eigenvalue weighted by molar-refractivity contribution is -0.129. The van der Waals surface area contributed by atoms with Crippen LogP contribution in [0.5, 0.6) is 0 Å². The fraction of sp³-hybridized carbons (Fsp3) is 0.211. The van der Waals surface area contributed by atoms with Gasteiger partial charge in [0.2, 0.25) is 11.8 Å². The molecule has 0 aliphatic carbocycles. The maximum Gasteiger partial charge on any atom is 0.269 e. The molecule has 6 nitrogen and oxygen atoms in total. The molecule has 0 bridgehead atoms. The molecule has 2 aromatic carbocycles. The number of hydrogen-bond acceptors (Lipinski definition) is 3. The first-order chi connectivity index (χ1) is 12.1. The topological polar surface area (TPSA) is 78.5 Å². The van der Waals surface area contributed by atoms with E-state index < -0.39 is 5.92 Å². The Balaban J connectivity index is 1.51. The molecule has 1 atom stereocenters. The summed E-state index contributed by atoms with van der Waals surface area (Å²) in [6.45, 7) is 0.834. The maximum absolute atomic E-state index is 12.2. The van der Waals surface area contributed by atoms with Gasteiger partial charge in [-0.05, 0) is 17.7 Å². The zero-order chi connectivity index (χ0) is 17.6. The van der Waals surface area contributed by atoms with Crippen molar-refractivity contribution in [1.29, 1.82) is 0 Å². The number of hydrazine groups is 1. The fourth-order valence-corrected chi connectivity index (χ4v) is 2.79. The summed E-state index contributed by atoms with van der Waals surface area (Å²) >= 11 is 0. The van der Waals surface area contributed by atoms with Gasteiger partial charge in [-0.1, -0.05) is 48.5 Å². The van der Waals surface area contributed by atoms with Crippen molar-refractivity contribution in [2.24, 2.45) is 5.92 Å². The normalized spacial score (nSPS) is 16.6. The summed E-state index contributed by atoms with van der Waals surface area (Å²) in [5.74, 6) is -1.27. The number of likely N-dealkylation sites (tertiary alicyclic amines) is 1. The number of carbonyl (C=O) groups is 3. The highest BCUT2D eigenvalue weighted by molar-refractivity contribution is 5.96. The Labute approximate surface area is 145 Å². The third-order valence-corrected chi connectivity index (χ3v) is 4.14. The summed E-state index contributed by atoms with van der Waals surface area (Å²) in [6, 6.07) is 18.2. The number of amides is 3. The lowest BCUT2D eigenvalue weighted by atomic mass is 10.1. The molecule has 3 amide bonds. The van der Waals surface area contributed by atoms with Gasteiger partial charge in [-0.2, -0.15) is 0 Å². The highest BCUT2D eigenvalue weighted by Gasteiger charge is 2.34. The van der Waals surface area contributed by atoms with Crippen LogP contribution in [-0.4, -0.2) is 29.2 Å². The third-order valence-electron chi connectivity index (χ3n) is 4.14. The van der Waals surface area contributed by atoms with Crippen LogP contribution in [-0.2, 0) is 16.1 Å². The van der Waals surface area contributed by atoms with Crippen LogP contribution < -0.4 is 10.9 Å². The molecule has 0 radical (unpaired) electrons. The molecule has 1 aliphatic rings. The number of carbonyl (C=O) groups excluding carboxylic acids is 3. The Bertz CT molecular complexity index is 762. The molecule has 1 saturated heterocycles. The molecule has 2 aromatic rings. The van der Waals surface area contributed by atoms with E-state index in [4.69, 9.17) is 0 Å². The second-order valence-electron chi connectivity index (χ2n) is 5.97. The minimum Gasteiger partial charge on any atom is -0.338 e. The molecule has 3 rings (SSSR count). The molecule has 6 heteroatoms. The van der Waals surface area contributed by atoms with Gasteiger partial charge < -0.3 is 4.90 Å². The van der Waals surface area contributed by atoms with E-state index in [1.165, 1.54) is 0 Å². The summed E-state index contributed by atoms with van der Waals surface area (Å²) in [4.78, 5) is 37.9. The summed E-state index contributed by atoms with van der Waals surface area (Å²) in [5.41, 5.74) is 6.27. The molecular weight excluding hydrogens is 318 g/mol. The van der Waals surface area contributed by atoms with Crippen LogP contribution in [0, 0.1) is 5.92 Å². The van der Waals surface area contributed by atoms with Crippen molar-refractivity contribution >= 4 is 17.7 Å². The number of nitrogens with zero attached hydrogens (tertiary/aromatic N) is 1. The Morgan fingerprint density at radius 1 is 0.960 bits per heavy atom. The van der Waals surface area contributed by atoms with Crippen LogP contribution in [0.15, 0.2) is 60.7 Å². The summed E-state index contributed by atoms with van der Waals surface area (Å²) in [6.07, 6.45) is 0.153. The fourth-order valence-electron chi connectivity index (χ4n) is 2.79. The predicted octanol–water partition coefficient (Wildman–Crippen LogP) is 1.50. The average molecular weight is 337 g/mol. The molecular formula is C19H19N3O3. The second kappa shape index (κ2) is 7.61. The molecule has 1 fully saturated rings. The quantitative estimate of drug-likeness (QED) is 0.830. The van der Waals surface area contributed by atoms with E-state index in [9.17, 15) is 14.4 Å². The molecule has 0 aromatic heterocycles. The Morgan fingerprint density at radius 3 is 2.28 bits per heavy atom. The van der Waals surface area contributed by atoms with Crippen LogP contribution in [0.2, 0.25) is 0 Å². The predicted molar refractivity (Wildman–Crippen MR) is 92.0 cm³/mol. The lowest BCUT2D eigenvalue weighted by Gasteiger charge is -2.16. The van der Waals surface area contributed by atoms with E-state index in [0.29, 0.717) is 18.7 Å². The number of rotatable bonds is 4. The van der Waals surface area contributed by atoms with E-state index >= 15 is 0 Å². The van der Waals surface area contributed by atoms with Gasteiger partial charge in [-0.15, -0.1) is 0 Å². The Hall–Kier alpha value is -3.15. The number of benzene rings is 2. The highest BCUT2D eigenvalue weighted by atomic mass is 16.2. The summed E-state index contributed by atoms with van der Waals surface area (Å²) in [5, 5.41) is 0. The zero-order valence-electron chi connectivity index (χ0n) is 13.6. The van der Waals surface area contributed by atoms with Crippen LogP contribution in [0.1, 0.15) is 22.3 Å². The standard InChI is InChI=1S/C19H19N3O3/c23-17-11-16(13-22(17)12-14-7-3-1-4-8-14)19(25)21-20-18(24)15-9-5-2-6-10-15/h1-10,16H,11-13H2,(H,20,24)(H,21,25)/t16-/m1/s1. The number of hydrogen-bond donors (Lipinski definition) is 2. The van der Waals surface area contributed by atoms with Crippen molar-refractivity contribution in [1.82, 2.24) is 15.8 Å². The van der Waals surface area contributed by atoms with Gasteiger partial charge in [0, 0.05) is 25.1 Å². The molecule has 0 saturated carbocycles. The minimum atomic E-state index is -0.465. The van der Waals surface area contributed by atoms with Crippen molar-refractivity contribution in [3.05, 3.63) is 71.8 Å². The molecule has 128 valence electrons. The van der Waals surface area contributed by atoms with Crippen molar-refractivity contribution in [2.45, 2.75) is 13.0 Å². The van der Waals surface area contributed by atoms with E-state index in [2.05, 4.69) is 10.9 Å². The van der Waals surface area contributed by atoms with Crippen LogP contribution in [0.3, 0.4) is 0 Å². The van der Waals surface area contributed by atoms with Crippen molar-refractivity contribution in [2.75, 3.05) is 6.54 Å². The average Bonchev–Trinajstić information content (AvgIpc) is 3.01. The largest absolute Gasteiger partial charge is 0.338 e. The SMILES string of the molecule is O=C(NNC(=O)[C@@H]1CC(=O)N(Cc2ccccc2)C1)c1ccccc1. The lowest BCUT2D eigenvalue weighted by Crippen LogP contribution is -2.45. The molecule has 0 spiro atoms. The van der Waals surface area contributed by atoms with Crippen molar-refractivity contribution in [3.63, 3.8) is 0 Å². The monoisotopic (exact) mass is 337 g/mol. The van der Waals surface area contributed by atoms with E-state index in [1.807, 2.05) is 30.3 Å².